The molecule has 1 saturated heterocycles. The molecule has 3 aromatic carbocycles. The number of ether oxygens (including phenoxy) is 2. The van der Waals surface area contributed by atoms with Crippen molar-refractivity contribution < 1.29 is 58.2 Å². The van der Waals surface area contributed by atoms with Gasteiger partial charge in [0.05, 0.1) is 36.4 Å². The van der Waals surface area contributed by atoms with E-state index in [0.717, 1.165) is 68.4 Å². The molecule has 2 unspecified atom stereocenters. The molecular formula is C44H51F10NO3. The third kappa shape index (κ3) is 10.6. The number of rotatable bonds is 7. The van der Waals surface area contributed by atoms with Gasteiger partial charge >= 0.3 is 24.6 Å². The number of halogens is 10. The summed E-state index contributed by atoms with van der Waals surface area (Å²) in [7, 11) is 1.30. The number of amides is 1. The number of hydrogen-bond acceptors (Lipinski definition) is 3. The maximum absolute atomic E-state index is 16.4. The van der Waals surface area contributed by atoms with E-state index in [1.165, 1.54) is 51.8 Å². The van der Waals surface area contributed by atoms with Crippen molar-refractivity contribution in [2.24, 2.45) is 0 Å². The van der Waals surface area contributed by atoms with Crippen molar-refractivity contribution in [3.63, 3.8) is 0 Å². The highest BCUT2D eigenvalue weighted by Crippen LogP contribution is 2.47. The number of hydrogen-bond donors (Lipinski definition) is 0. The number of carbonyl (C=O) groups excluding carboxylic acids is 1. The standard InChI is InChI=1S/C44H51F10NO3/c1-4-41(19-15-13-11-9-7-5-6-8-10-12-14-16-20-41)36-25-35(38(57-3)26-37(36)45)34-18-17-31(42(46,47)48)23-30(34)27-55-28(2)39(58-40(55)56)29-21-32(43(49,50)51)24-33(22-29)44(52,53)54/h17-18,21-26,28,39H,4-16,19-20,27H2,1-3H3. The molecule has 58 heavy (non-hydrogen) atoms. The Morgan fingerprint density at radius 2 is 1.19 bits per heavy atom. The molecule has 1 aliphatic heterocycles. The smallest absolute Gasteiger partial charge is 0.416 e. The molecule has 0 N–H and O–H groups in total. The fourth-order valence-corrected chi connectivity index (χ4v) is 8.62. The van der Waals surface area contributed by atoms with Crippen LogP contribution in [0.25, 0.3) is 11.1 Å². The van der Waals surface area contributed by atoms with Crippen molar-refractivity contribution in [1.29, 1.82) is 0 Å². The second kappa shape index (κ2) is 18.5. The molecule has 0 spiro atoms. The second-order valence-corrected chi connectivity index (χ2v) is 15.8. The lowest BCUT2D eigenvalue weighted by atomic mass is 9.69. The van der Waals surface area contributed by atoms with Crippen molar-refractivity contribution in [3.8, 4) is 16.9 Å². The zero-order valence-corrected chi connectivity index (χ0v) is 33.0. The van der Waals surface area contributed by atoms with Crippen LogP contribution in [0.15, 0.2) is 48.5 Å². The van der Waals surface area contributed by atoms with E-state index in [1.54, 1.807) is 6.07 Å². The molecule has 1 saturated carbocycles. The largest absolute Gasteiger partial charge is 0.496 e. The van der Waals surface area contributed by atoms with Crippen molar-refractivity contribution >= 4 is 6.09 Å². The van der Waals surface area contributed by atoms with Crippen LogP contribution in [0.1, 0.15) is 150 Å². The average molecular weight is 832 g/mol. The molecular weight excluding hydrogens is 780 g/mol. The van der Waals surface area contributed by atoms with E-state index >= 15 is 4.39 Å². The molecule has 1 heterocycles. The number of benzene rings is 3. The van der Waals surface area contributed by atoms with E-state index in [-0.39, 0.29) is 28.5 Å². The first-order valence-corrected chi connectivity index (χ1v) is 20.1. The van der Waals surface area contributed by atoms with Gasteiger partial charge in [0.15, 0.2) is 0 Å². The monoisotopic (exact) mass is 831 g/mol. The molecule has 0 aromatic heterocycles. The van der Waals surface area contributed by atoms with Gasteiger partial charge in [-0.2, -0.15) is 39.5 Å². The van der Waals surface area contributed by atoms with Gasteiger partial charge in [0.1, 0.15) is 17.7 Å². The third-order valence-corrected chi connectivity index (χ3v) is 12.0. The summed E-state index contributed by atoms with van der Waals surface area (Å²) in [6, 6.07) is 5.42. The third-order valence-electron chi connectivity index (χ3n) is 12.0. The van der Waals surface area contributed by atoms with Crippen molar-refractivity contribution in [2.75, 3.05) is 7.11 Å². The van der Waals surface area contributed by atoms with Gasteiger partial charge in [-0.05, 0) is 90.3 Å². The number of cyclic esters (lactones) is 1. The van der Waals surface area contributed by atoms with Gasteiger partial charge in [0, 0.05) is 11.6 Å². The minimum absolute atomic E-state index is 0.0317. The van der Waals surface area contributed by atoms with Gasteiger partial charge < -0.3 is 9.47 Å². The first-order chi connectivity index (χ1) is 27.3. The van der Waals surface area contributed by atoms with Crippen LogP contribution in [0.2, 0.25) is 0 Å². The molecule has 0 bridgehead atoms. The summed E-state index contributed by atoms with van der Waals surface area (Å²) in [6.45, 7) is 2.77. The molecule has 1 aliphatic carbocycles. The highest BCUT2D eigenvalue weighted by Gasteiger charge is 2.44. The van der Waals surface area contributed by atoms with E-state index in [0.29, 0.717) is 37.0 Å². The predicted octanol–water partition coefficient (Wildman–Crippen LogP) is 14.8. The summed E-state index contributed by atoms with van der Waals surface area (Å²) in [6.07, 6.45) is -2.98. The van der Waals surface area contributed by atoms with Crippen molar-refractivity contribution in [1.82, 2.24) is 4.90 Å². The number of nitrogens with zero attached hydrogens (tertiary/aromatic N) is 1. The van der Waals surface area contributed by atoms with E-state index in [2.05, 4.69) is 0 Å². The topological polar surface area (TPSA) is 38.8 Å². The average Bonchev–Trinajstić information content (AvgIpc) is 3.43. The summed E-state index contributed by atoms with van der Waals surface area (Å²) < 4.78 is 152. The maximum Gasteiger partial charge on any atom is 0.416 e. The first kappa shape index (κ1) is 45.1. The van der Waals surface area contributed by atoms with Crippen LogP contribution in [-0.4, -0.2) is 24.1 Å². The molecule has 14 heteroatoms. The van der Waals surface area contributed by atoms with E-state index in [1.807, 2.05) is 6.92 Å². The minimum atomic E-state index is -5.16. The Kier molecular flexibility index (Phi) is 14.4. The van der Waals surface area contributed by atoms with Gasteiger partial charge in [0.25, 0.3) is 0 Å². The number of carbonyl (C=O) groups is 1. The Balaban J connectivity index is 1.57. The Morgan fingerprint density at radius 3 is 1.66 bits per heavy atom. The SMILES string of the molecule is CCC1(c2cc(-c3ccc(C(F)(F)F)cc3CN3C(=O)OC(c4cc(C(F)(F)F)cc(C(F)(F)F)c4)C3C)c(OC)cc2F)CCCCCCCCCCCCCC1. The number of methoxy groups -OCH3 is 1. The van der Waals surface area contributed by atoms with Gasteiger partial charge in [-0.25, -0.2) is 9.18 Å². The number of alkyl halides is 9. The molecule has 2 atom stereocenters. The zero-order valence-electron chi connectivity index (χ0n) is 33.0. The molecule has 5 rings (SSSR count). The molecule has 1 amide bonds. The molecule has 0 radical (unpaired) electrons. The lowest BCUT2D eigenvalue weighted by Crippen LogP contribution is -2.32. The van der Waals surface area contributed by atoms with E-state index < -0.39 is 76.8 Å². The zero-order chi connectivity index (χ0) is 42.5. The quantitative estimate of drug-likeness (QED) is 0.223. The molecule has 2 fully saturated rings. The predicted molar refractivity (Wildman–Crippen MR) is 201 cm³/mol. The fourth-order valence-electron chi connectivity index (χ4n) is 8.62. The molecule has 4 nitrogen and oxygen atoms in total. The summed E-state index contributed by atoms with van der Waals surface area (Å²) >= 11 is 0. The van der Waals surface area contributed by atoms with E-state index in [9.17, 15) is 44.3 Å². The lowest BCUT2D eigenvalue weighted by Gasteiger charge is -2.35. The van der Waals surface area contributed by atoms with Gasteiger partial charge in [0.2, 0.25) is 0 Å². The fraction of sp³-hybridized carbons (Fsp3) is 0.568. The van der Waals surface area contributed by atoms with Crippen LogP contribution in [0, 0.1) is 5.82 Å². The summed E-state index contributed by atoms with van der Waals surface area (Å²) in [5, 5.41) is 0. The van der Waals surface area contributed by atoms with Crippen LogP contribution in [-0.2, 0) is 35.2 Å². The van der Waals surface area contributed by atoms with E-state index in [4.69, 9.17) is 9.47 Å². The molecule has 2 aliphatic rings. The van der Waals surface area contributed by atoms with Crippen LogP contribution in [0.3, 0.4) is 0 Å². The van der Waals surface area contributed by atoms with Gasteiger partial charge in [-0.1, -0.05) is 90.0 Å². The Bertz CT molecular complexity index is 1820. The summed E-state index contributed by atoms with van der Waals surface area (Å²) in [5.74, 6) is -0.475. The molecule has 320 valence electrons. The van der Waals surface area contributed by atoms with Crippen LogP contribution in [0.5, 0.6) is 5.75 Å². The molecule has 3 aromatic rings. The Labute approximate surface area is 333 Å². The van der Waals surface area contributed by atoms with Crippen LogP contribution in [0.4, 0.5) is 48.7 Å². The second-order valence-electron chi connectivity index (χ2n) is 15.8. The summed E-state index contributed by atoms with van der Waals surface area (Å²) in [4.78, 5) is 14.3. The van der Waals surface area contributed by atoms with Crippen LogP contribution < -0.4 is 4.74 Å². The highest BCUT2D eigenvalue weighted by atomic mass is 19.4. The highest BCUT2D eigenvalue weighted by molar-refractivity contribution is 5.77. The maximum atomic E-state index is 16.4. The van der Waals surface area contributed by atoms with Crippen molar-refractivity contribution in [3.05, 3.63) is 87.7 Å². The minimum Gasteiger partial charge on any atom is -0.496 e. The first-order valence-electron chi connectivity index (χ1n) is 20.1. The van der Waals surface area contributed by atoms with Gasteiger partial charge in [-0.3, -0.25) is 4.90 Å². The lowest BCUT2D eigenvalue weighted by molar-refractivity contribution is -0.143. The summed E-state index contributed by atoms with van der Waals surface area (Å²) in [5.41, 5.74) is -4.64. The Morgan fingerprint density at radius 1 is 0.690 bits per heavy atom. The van der Waals surface area contributed by atoms with Crippen molar-refractivity contribution in [2.45, 2.75) is 153 Å². The van der Waals surface area contributed by atoms with Crippen LogP contribution >= 0.6 is 0 Å². The Hall–Kier alpha value is -3.97. The normalized spacial score (nSPS) is 20.6. The van der Waals surface area contributed by atoms with Gasteiger partial charge in [-0.15, -0.1) is 0 Å².